The molecular formula is C44H36O7S2. The van der Waals surface area contributed by atoms with Crippen molar-refractivity contribution in [1.82, 2.24) is 0 Å². The van der Waals surface area contributed by atoms with E-state index in [1.54, 1.807) is 47.7 Å². The smallest absolute Gasteiger partial charge is 0.297 e. The number of ketones is 1. The fourth-order valence-corrected chi connectivity index (χ4v) is 7.83. The van der Waals surface area contributed by atoms with Crippen molar-refractivity contribution in [2.75, 3.05) is 13.2 Å². The molecule has 0 aliphatic carbocycles. The van der Waals surface area contributed by atoms with Crippen LogP contribution in [-0.2, 0) is 27.5 Å². The molecule has 53 heavy (non-hydrogen) atoms. The van der Waals surface area contributed by atoms with Gasteiger partial charge < -0.3 is 14.2 Å². The van der Waals surface area contributed by atoms with Gasteiger partial charge in [-0.3, -0.25) is 8.98 Å². The molecule has 7 aromatic rings. The van der Waals surface area contributed by atoms with Gasteiger partial charge in [-0.05, 0) is 102 Å². The predicted octanol–water partition coefficient (Wildman–Crippen LogP) is 10.1. The van der Waals surface area contributed by atoms with Crippen LogP contribution in [0.2, 0.25) is 0 Å². The Morgan fingerprint density at radius 2 is 1.17 bits per heavy atom. The summed E-state index contributed by atoms with van der Waals surface area (Å²) in [6.45, 7) is 2.63. The van der Waals surface area contributed by atoms with E-state index in [2.05, 4.69) is 0 Å². The third-order valence-corrected chi connectivity index (χ3v) is 11.0. The molecule has 0 atom stereocenters. The number of carbonyl (C=O) groups excluding carboxylic acids is 1. The molecule has 0 fully saturated rings. The van der Waals surface area contributed by atoms with Crippen LogP contribution in [0.3, 0.4) is 0 Å². The largest absolute Gasteiger partial charge is 0.491 e. The molecule has 0 spiro atoms. The molecule has 266 valence electrons. The molecular weight excluding hydrogens is 705 g/mol. The molecule has 9 heteroatoms. The monoisotopic (exact) mass is 740 g/mol. The molecule has 0 aliphatic rings. The Balaban J connectivity index is 1.09. The van der Waals surface area contributed by atoms with E-state index >= 15 is 0 Å². The Kier molecular flexibility index (Phi) is 11.0. The Bertz CT molecular complexity index is 2410. The van der Waals surface area contributed by atoms with E-state index in [9.17, 15) is 13.2 Å². The lowest BCUT2D eigenvalue weighted by Gasteiger charge is -2.10. The van der Waals surface area contributed by atoms with E-state index in [4.69, 9.17) is 18.4 Å². The predicted molar refractivity (Wildman–Crippen MR) is 208 cm³/mol. The van der Waals surface area contributed by atoms with Crippen molar-refractivity contribution in [1.29, 1.82) is 0 Å². The first-order valence-electron chi connectivity index (χ1n) is 17.1. The lowest BCUT2D eigenvalue weighted by atomic mass is 9.97. The summed E-state index contributed by atoms with van der Waals surface area (Å²) in [6, 6.07) is 46.9. The first-order chi connectivity index (χ1) is 25.8. The summed E-state index contributed by atoms with van der Waals surface area (Å²) in [5, 5.41) is 0.832. The fourth-order valence-electron chi connectivity index (χ4n) is 5.70. The van der Waals surface area contributed by atoms with Crippen LogP contribution in [0.15, 0.2) is 157 Å². The van der Waals surface area contributed by atoms with Crippen LogP contribution in [-0.4, -0.2) is 27.4 Å². The fraction of sp³-hybridized carbons (Fsp3) is 0.114. The van der Waals surface area contributed by atoms with Crippen LogP contribution in [0, 0.1) is 6.92 Å². The maximum Gasteiger partial charge on any atom is 0.297 e. The lowest BCUT2D eigenvalue weighted by Crippen LogP contribution is -2.13. The molecule has 0 amide bonds. The van der Waals surface area contributed by atoms with Gasteiger partial charge in [0.2, 0.25) is 0 Å². The summed E-state index contributed by atoms with van der Waals surface area (Å²) < 4.78 is 49.0. The van der Waals surface area contributed by atoms with Crippen molar-refractivity contribution >= 4 is 37.3 Å². The minimum absolute atomic E-state index is 0.0113. The molecule has 7 rings (SSSR count). The van der Waals surface area contributed by atoms with Gasteiger partial charge in [-0.1, -0.05) is 78.4 Å². The molecule has 0 bridgehead atoms. The maximum atomic E-state index is 14.3. The van der Waals surface area contributed by atoms with E-state index in [1.165, 1.54) is 12.1 Å². The summed E-state index contributed by atoms with van der Waals surface area (Å²) in [7, 11) is -3.89. The normalized spacial score (nSPS) is 11.3. The number of ether oxygens (including phenoxy) is 3. The second-order valence-corrected chi connectivity index (χ2v) is 15.0. The summed E-state index contributed by atoms with van der Waals surface area (Å²) in [4.78, 5) is 15.2. The highest BCUT2D eigenvalue weighted by Gasteiger charge is 2.22. The zero-order chi connectivity index (χ0) is 36.6. The van der Waals surface area contributed by atoms with Gasteiger partial charge in [0.25, 0.3) is 10.1 Å². The average molecular weight is 741 g/mol. The Morgan fingerprint density at radius 1 is 0.604 bits per heavy atom. The standard InChI is InChI=1S/C44H36O7S2/c1-31-12-23-39(24-13-31)53(46,47)51-27-26-48-36-18-14-34(15-19-36)43(45)42-40-25-22-38(50-30-33-10-6-3-7-11-33)28-41(40)52-44(42)35-16-20-37(21-17-35)49-29-32-8-4-2-5-9-32/h2-25,28H,26-27,29-30H2,1H3. The minimum atomic E-state index is -3.89. The summed E-state index contributed by atoms with van der Waals surface area (Å²) >= 11 is 1.54. The van der Waals surface area contributed by atoms with Crippen LogP contribution in [0.1, 0.15) is 32.6 Å². The summed E-state index contributed by atoms with van der Waals surface area (Å²) in [5.41, 5.74) is 5.08. The molecule has 0 unspecified atom stereocenters. The highest BCUT2D eigenvalue weighted by Crippen LogP contribution is 2.42. The third kappa shape index (κ3) is 8.84. The number of thiophene rings is 1. The highest BCUT2D eigenvalue weighted by atomic mass is 32.2. The highest BCUT2D eigenvalue weighted by molar-refractivity contribution is 7.86. The number of benzene rings is 6. The van der Waals surface area contributed by atoms with Crippen molar-refractivity contribution in [2.45, 2.75) is 25.0 Å². The van der Waals surface area contributed by atoms with Gasteiger partial charge in [-0.15, -0.1) is 11.3 Å². The third-order valence-electron chi connectivity index (χ3n) is 8.52. The second-order valence-electron chi connectivity index (χ2n) is 12.3. The Morgan fingerprint density at radius 3 is 1.81 bits per heavy atom. The van der Waals surface area contributed by atoms with E-state index in [1.807, 2.05) is 110 Å². The zero-order valence-electron chi connectivity index (χ0n) is 28.9. The van der Waals surface area contributed by atoms with Gasteiger partial charge in [-0.25, -0.2) is 0 Å². The van der Waals surface area contributed by atoms with Crippen molar-refractivity contribution in [2.24, 2.45) is 0 Å². The number of aryl methyl sites for hydroxylation is 1. The average Bonchev–Trinajstić information content (AvgIpc) is 3.58. The molecule has 0 aliphatic heterocycles. The van der Waals surface area contributed by atoms with Gasteiger partial charge in [0.1, 0.15) is 43.7 Å². The molecule has 7 nitrogen and oxygen atoms in total. The molecule has 0 saturated heterocycles. The SMILES string of the molecule is Cc1ccc(S(=O)(=O)OCCOc2ccc(C(=O)c3c(-c4ccc(OCc5ccccc5)cc4)sc4cc(OCc5ccccc5)ccc34)cc2)cc1. The number of hydrogen-bond donors (Lipinski definition) is 0. The first-order valence-corrected chi connectivity index (χ1v) is 19.3. The molecule has 1 heterocycles. The van der Waals surface area contributed by atoms with Gasteiger partial charge in [0.05, 0.1) is 4.90 Å². The Hall–Kier alpha value is -5.74. The molecule has 1 aromatic heterocycles. The molecule has 0 N–H and O–H groups in total. The van der Waals surface area contributed by atoms with E-state index in [0.29, 0.717) is 30.1 Å². The van der Waals surface area contributed by atoms with Crippen LogP contribution < -0.4 is 14.2 Å². The molecule has 6 aromatic carbocycles. The van der Waals surface area contributed by atoms with Gasteiger partial charge in [0.15, 0.2) is 5.78 Å². The summed E-state index contributed by atoms with van der Waals surface area (Å²) in [5.74, 6) is 1.80. The van der Waals surface area contributed by atoms with Crippen LogP contribution >= 0.6 is 11.3 Å². The van der Waals surface area contributed by atoms with Crippen molar-refractivity contribution in [3.8, 4) is 27.7 Å². The molecule has 0 saturated carbocycles. The van der Waals surface area contributed by atoms with Crippen LogP contribution in [0.25, 0.3) is 20.5 Å². The molecule has 0 radical (unpaired) electrons. The topological polar surface area (TPSA) is 88.1 Å². The minimum Gasteiger partial charge on any atom is -0.491 e. The summed E-state index contributed by atoms with van der Waals surface area (Å²) in [6.07, 6.45) is 0. The van der Waals surface area contributed by atoms with Crippen molar-refractivity contribution < 1.29 is 31.6 Å². The zero-order valence-corrected chi connectivity index (χ0v) is 30.6. The number of rotatable bonds is 15. The maximum absolute atomic E-state index is 14.3. The van der Waals surface area contributed by atoms with Crippen molar-refractivity contribution in [3.63, 3.8) is 0 Å². The Labute approximate surface area is 313 Å². The van der Waals surface area contributed by atoms with Crippen LogP contribution in [0.5, 0.6) is 17.2 Å². The van der Waals surface area contributed by atoms with Crippen molar-refractivity contribution in [3.05, 3.63) is 179 Å². The lowest BCUT2D eigenvalue weighted by molar-refractivity contribution is 0.104. The van der Waals surface area contributed by atoms with E-state index < -0.39 is 10.1 Å². The number of hydrogen-bond acceptors (Lipinski definition) is 8. The van der Waals surface area contributed by atoms with E-state index in [0.717, 1.165) is 48.7 Å². The van der Waals surface area contributed by atoms with Gasteiger partial charge >= 0.3 is 0 Å². The second kappa shape index (κ2) is 16.3. The number of fused-ring (bicyclic) bond motifs is 1. The van der Waals surface area contributed by atoms with Crippen LogP contribution in [0.4, 0.5) is 0 Å². The first kappa shape index (κ1) is 35.7. The van der Waals surface area contributed by atoms with E-state index in [-0.39, 0.29) is 23.9 Å². The number of carbonyl (C=O) groups is 1. The van der Waals surface area contributed by atoms with Gasteiger partial charge in [-0.2, -0.15) is 8.42 Å². The van der Waals surface area contributed by atoms with Gasteiger partial charge in [0, 0.05) is 26.1 Å². The quantitative estimate of drug-likeness (QED) is 0.0588.